The van der Waals surface area contributed by atoms with Gasteiger partial charge in [0.1, 0.15) is 0 Å². The second kappa shape index (κ2) is 39.5. The summed E-state index contributed by atoms with van der Waals surface area (Å²) in [5.41, 5.74) is 7.30. The van der Waals surface area contributed by atoms with E-state index in [-0.39, 0.29) is 11.8 Å². The van der Waals surface area contributed by atoms with E-state index in [1.54, 1.807) is 16.2 Å². The number of halogens is 2. The molecule has 1 aliphatic heterocycles. The summed E-state index contributed by atoms with van der Waals surface area (Å²) in [6.07, 6.45) is 55.7. The predicted octanol–water partition coefficient (Wildman–Crippen LogP) is 24.2. The van der Waals surface area contributed by atoms with Gasteiger partial charge < -0.3 is 0 Å². The van der Waals surface area contributed by atoms with Crippen molar-refractivity contribution in [3.8, 4) is 19.5 Å². The topological polar surface area (TPSA) is 37.4 Å². The van der Waals surface area contributed by atoms with Crippen molar-refractivity contribution in [1.29, 1.82) is 0 Å². The van der Waals surface area contributed by atoms with Crippen LogP contribution in [0.4, 0.5) is 0 Å². The van der Waals surface area contributed by atoms with Crippen molar-refractivity contribution >= 4 is 77.7 Å². The summed E-state index contributed by atoms with van der Waals surface area (Å²) in [5.74, 6) is -0.0796. The summed E-state index contributed by atoms with van der Waals surface area (Å²) in [6, 6.07) is 0. The van der Waals surface area contributed by atoms with Gasteiger partial charge in [0.2, 0.25) is 0 Å². The fourth-order valence-corrected chi connectivity index (χ4v) is 16.9. The Labute approximate surface area is 472 Å². The number of hydrogen-bond acceptors (Lipinski definition) is 5. The molecule has 0 unspecified atom stereocenters. The lowest BCUT2D eigenvalue weighted by Gasteiger charge is -2.15. The number of rotatable bonds is 47. The van der Waals surface area contributed by atoms with E-state index in [0.29, 0.717) is 6.54 Å². The second-order valence-electron chi connectivity index (χ2n) is 22.0. The van der Waals surface area contributed by atoms with Gasteiger partial charge in [-0.2, -0.15) is 0 Å². The molecule has 4 rings (SSSR count). The van der Waals surface area contributed by atoms with Crippen LogP contribution in [-0.4, -0.2) is 23.3 Å². The number of hydrogen-bond donors (Lipinski definition) is 0. The molecule has 0 atom stereocenters. The molecule has 72 heavy (non-hydrogen) atoms. The lowest BCUT2D eigenvalue weighted by atomic mass is 9.96. The molecule has 0 spiro atoms. The Morgan fingerprint density at radius 1 is 0.292 bits per heavy atom. The van der Waals surface area contributed by atoms with Crippen LogP contribution >= 0.6 is 65.9 Å². The molecular weight excluding hydrogens is 1070 g/mol. The molecule has 0 N–H and O–H groups in total. The van der Waals surface area contributed by atoms with Crippen molar-refractivity contribution in [2.24, 2.45) is 0 Å². The minimum atomic E-state index is -0.0398. The number of imide groups is 1. The van der Waals surface area contributed by atoms with E-state index in [9.17, 15) is 0 Å². The highest BCUT2D eigenvalue weighted by atomic mass is 79.9. The molecular formula is C64H105Br2NO2S3. The fraction of sp³-hybridized carbons (Fsp3) is 0.781. The number of carbonyl (C=O) groups is 2. The normalized spacial score (nSPS) is 12.7. The number of amides is 2. The van der Waals surface area contributed by atoms with E-state index in [0.717, 1.165) is 59.4 Å². The van der Waals surface area contributed by atoms with Gasteiger partial charge in [-0.15, -0.1) is 34.0 Å². The first kappa shape index (κ1) is 63.7. The van der Waals surface area contributed by atoms with E-state index < -0.39 is 0 Å². The third-order valence-electron chi connectivity index (χ3n) is 15.7. The van der Waals surface area contributed by atoms with Gasteiger partial charge in [-0.25, -0.2) is 0 Å². The Kier molecular flexibility index (Phi) is 35.0. The zero-order valence-corrected chi connectivity index (χ0v) is 52.7. The van der Waals surface area contributed by atoms with Crippen LogP contribution in [0.2, 0.25) is 0 Å². The molecule has 0 saturated heterocycles. The van der Waals surface area contributed by atoms with Crippen LogP contribution < -0.4 is 0 Å². The Morgan fingerprint density at radius 3 is 0.806 bits per heavy atom. The van der Waals surface area contributed by atoms with Crippen molar-refractivity contribution in [3.05, 3.63) is 41.0 Å². The maximum atomic E-state index is 15.1. The summed E-state index contributed by atoms with van der Waals surface area (Å²) < 4.78 is 2.49. The van der Waals surface area contributed by atoms with Crippen LogP contribution in [-0.2, 0) is 25.7 Å². The second-order valence-corrected chi connectivity index (χ2v) is 27.7. The largest absolute Gasteiger partial charge is 0.274 e. The first-order valence-corrected chi connectivity index (χ1v) is 35.0. The molecule has 3 nitrogen and oxygen atoms in total. The average Bonchev–Trinajstić information content (AvgIpc) is 4.09. The van der Waals surface area contributed by atoms with E-state index in [2.05, 4.69) is 66.5 Å². The standard InChI is InChI=1S/C64H105Br2NO2S3/c1-6-11-16-21-26-31-36-41-46-51-53(48-43-38-33-28-23-18-13-8-3)61(65)71-57(51)59-55-56(64(69)67(63(55)68)50-45-40-35-30-25-20-15-10-5)60(70-59)58-52(47-42-37-32-27-22-17-12-7-2)54(62(66)72-58)49-44-39-34-29-24-19-14-9-4/h6-50H2,1-5H3. The van der Waals surface area contributed by atoms with E-state index in [1.807, 2.05) is 22.7 Å². The Morgan fingerprint density at radius 2 is 0.528 bits per heavy atom. The Hall–Kier alpha value is -0.800. The quantitative estimate of drug-likeness (QED) is 0.0417. The number of nitrogens with zero attached hydrogens (tertiary/aromatic N) is 1. The molecule has 0 aliphatic carbocycles. The van der Waals surface area contributed by atoms with Crippen molar-refractivity contribution < 1.29 is 9.59 Å². The molecule has 0 aromatic carbocycles. The molecule has 8 heteroatoms. The molecule has 1 aliphatic rings. The van der Waals surface area contributed by atoms with E-state index in [4.69, 9.17) is 0 Å². The van der Waals surface area contributed by atoms with E-state index in [1.165, 1.54) is 284 Å². The summed E-state index contributed by atoms with van der Waals surface area (Å²) in [7, 11) is 0. The lowest BCUT2D eigenvalue weighted by molar-refractivity contribution is 0.0652. The average molecular weight is 1180 g/mol. The molecule has 0 saturated carbocycles. The van der Waals surface area contributed by atoms with Crippen molar-refractivity contribution in [2.45, 2.75) is 317 Å². The summed E-state index contributed by atoms with van der Waals surface area (Å²) in [4.78, 5) is 36.6. The highest BCUT2D eigenvalue weighted by Crippen LogP contribution is 2.54. The minimum absolute atomic E-state index is 0.0398. The summed E-state index contributed by atoms with van der Waals surface area (Å²) >= 11 is 13.8. The van der Waals surface area contributed by atoms with Crippen LogP contribution in [0, 0.1) is 0 Å². The highest BCUT2D eigenvalue weighted by Gasteiger charge is 2.43. The first-order chi connectivity index (χ1) is 35.3. The molecule has 2 amide bonds. The third kappa shape index (κ3) is 21.9. The molecule has 0 radical (unpaired) electrons. The summed E-state index contributed by atoms with van der Waals surface area (Å²) in [5, 5.41) is 0. The Balaban J connectivity index is 1.73. The van der Waals surface area contributed by atoms with Gasteiger partial charge in [-0.1, -0.05) is 259 Å². The lowest BCUT2D eigenvalue weighted by Crippen LogP contribution is -2.31. The van der Waals surface area contributed by atoms with Gasteiger partial charge in [-0.3, -0.25) is 14.5 Å². The number of carbonyl (C=O) groups excluding carboxylic acids is 2. The van der Waals surface area contributed by atoms with Crippen LogP contribution in [0.5, 0.6) is 0 Å². The van der Waals surface area contributed by atoms with Crippen LogP contribution in [0.15, 0.2) is 7.57 Å². The van der Waals surface area contributed by atoms with Crippen LogP contribution in [0.3, 0.4) is 0 Å². The van der Waals surface area contributed by atoms with Gasteiger partial charge in [0.05, 0.1) is 28.5 Å². The maximum Gasteiger partial charge on any atom is 0.263 e. The number of unbranched alkanes of at least 4 members (excludes halogenated alkanes) is 35. The van der Waals surface area contributed by atoms with E-state index >= 15 is 9.59 Å². The number of fused-ring (bicyclic) bond motifs is 1. The smallest absolute Gasteiger partial charge is 0.263 e. The van der Waals surface area contributed by atoms with Crippen molar-refractivity contribution in [2.75, 3.05) is 6.54 Å². The van der Waals surface area contributed by atoms with Crippen molar-refractivity contribution in [3.63, 3.8) is 0 Å². The molecule has 0 fully saturated rings. The highest BCUT2D eigenvalue weighted by molar-refractivity contribution is 9.11. The first-order valence-electron chi connectivity index (χ1n) is 31.0. The SMILES string of the molecule is CCCCCCCCCCc1c(Br)sc(-c2sc(-c3sc(Br)c(CCCCCCCCCC)c3CCCCCCCCCC)c3c2C(=O)N(CCCCCCCCCC)C3=O)c1CCCCCCCCCC. The van der Waals surface area contributed by atoms with Crippen LogP contribution in [0.25, 0.3) is 19.5 Å². The molecule has 4 heterocycles. The minimum Gasteiger partial charge on any atom is -0.274 e. The molecule has 410 valence electrons. The number of thiophene rings is 3. The monoisotopic (exact) mass is 1170 g/mol. The third-order valence-corrected chi connectivity index (χ3v) is 21.3. The van der Waals surface area contributed by atoms with Gasteiger partial charge in [-0.05, 0) is 112 Å². The molecule has 3 aromatic rings. The van der Waals surface area contributed by atoms with Crippen molar-refractivity contribution in [1.82, 2.24) is 4.90 Å². The Bertz CT molecular complexity index is 1790. The fourth-order valence-electron chi connectivity index (χ4n) is 11.2. The van der Waals surface area contributed by atoms with Gasteiger partial charge in [0, 0.05) is 16.3 Å². The zero-order chi connectivity index (χ0) is 51.6. The van der Waals surface area contributed by atoms with Gasteiger partial charge in [0.15, 0.2) is 0 Å². The predicted molar refractivity (Wildman–Crippen MR) is 330 cm³/mol. The van der Waals surface area contributed by atoms with Gasteiger partial charge in [0.25, 0.3) is 11.8 Å². The summed E-state index contributed by atoms with van der Waals surface area (Å²) in [6.45, 7) is 12.0. The maximum absolute atomic E-state index is 15.1. The molecule has 0 bridgehead atoms. The van der Waals surface area contributed by atoms with Crippen LogP contribution in [0.1, 0.15) is 334 Å². The zero-order valence-electron chi connectivity index (χ0n) is 47.1. The van der Waals surface area contributed by atoms with Gasteiger partial charge >= 0.3 is 0 Å². The molecule has 3 aromatic heterocycles.